The highest BCUT2D eigenvalue weighted by Crippen LogP contribution is 2.38. The van der Waals surface area contributed by atoms with Gasteiger partial charge in [-0.15, -0.1) is 0 Å². The van der Waals surface area contributed by atoms with Crippen molar-refractivity contribution >= 4 is 11.6 Å². The predicted octanol–water partition coefficient (Wildman–Crippen LogP) is 2.84. The van der Waals surface area contributed by atoms with Gasteiger partial charge in [0, 0.05) is 19.3 Å². The highest BCUT2D eigenvalue weighted by molar-refractivity contribution is 5.90. The van der Waals surface area contributed by atoms with Crippen LogP contribution < -0.4 is 0 Å². The Hall–Kier alpha value is -1.95. The van der Waals surface area contributed by atoms with Crippen LogP contribution in [-0.2, 0) is 16.0 Å². The predicted molar refractivity (Wildman–Crippen MR) is 71.3 cm³/mol. The number of Topliss-reactive ketones (excluding diaryl/α,β-unsaturated/α-hetero) is 2. The Morgan fingerprint density at radius 2 is 2.05 bits per heavy atom. The average Bonchev–Trinajstić information content (AvgIpc) is 2.79. The minimum Gasteiger partial charge on any atom is -0.299 e. The van der Waals surface area contributed by atoms with E-state index in [4.69, 9.17) is 0 Å². The lowest BCUT2D eigenvalue weighted by Gasteiger charge is -2.17. The van der Waals surface area contributed by atoms with E-state index in [9.17, 15) is 14.9 Å². The molecule has 0 aromatic heterocycles. The molecule has 1 atom stereocenters. The van der Waals surface area contributed by atoms with Gasteiger partial charge in [0.25, 0.3) is 0 Å². The zero-order valence-electron chi connectivity index (χ0n) is 10.9. The molecule has 3 heteroatoms. The summed E-state index contributed by atoms with van der Waals surface area (Å²) in [6.45, 7) is 0. The molecule has 3 nitrogen and oxygen atoms in total. The van der Waals surface area contributed by atoms with Crippen molar-refractivity contribution in [2.24, 2.45) is 5.41 Å². The van der Waals surface area contributed by atoms with Crippen molar-refractivity contribution in [3.8, 4) is 6.07 Å². The Morgan fingerprint density at radius 1 is 1.32 bits per heavy atom. The number of hydrogen-bond acceptors (Lipinski definition) is 3. The van der Waals surface area contributed by atoms with Crippen LogP contribution in [0.4, 0.5) is 0 Å². The first-order chi connectivity index (χ1) is 9.16. The average molecular weight is 255 g/mol. The molecule has 1 aromatic carbocycles. The molecule has 1 fully saturated rings. The van der Waals surface area contributed by atoms with Crippen LogP contribution in [0.3, 0.4) is 0 Å². The van der Waals surface area contributed by atoms with Gasteiger partial charge in [-0.3, -0.25) is 9.59 Å². The lowest BCUT2D eigenvalue weighted by molar-refractivity contribution is -0.124. The number of carbonyl (C=O) groups is 2. The fourth-order valence-electron chi connectivity index (χ4n) is 2.63. The molecule has 0 aliphatic heterocycles. The fourth-order valence-corrected chi connectivity index (χ4v) is 2.63. The molecule has 0 saturated heterocycles. The van der Waals surface area contributed by atoms with E-state index >= 15 is 0 Å². The molecule has 0 bridgehead atoms. The number of ketones is 2. The van der Waals surface area contributed by atoms with Gasteiger partial charge in [0.15, 0.2) is 5.78 Å². The van der Waals surface area contributed by atoms with Crippen molar-refractivity contribution in [3.63, 3.8) is 0 Å². The molecule has 98 valence electrons. The van der Waals surface area contributed by atoms with E-state index < -0.39 is 5.41 Å². The van der Waals surface area contributed by atoms with E-state index in [0.717, 1.165) is 12.0 Å². The van der Waals surface area contributed by atoms with Gasteiger partial charge in [0.05, 0.1) is 6.07 Å². The van der Waals surface area contributed by atoms with Crippen molar-refractivity contribution in [2.45, 2.75) is 38.5 Å². The lowest BCUT2D eigenvalue weighted by atomic mass is 9.81. The Kier molecular flexibility index (Phi) is 4.11. The van der Waals surface area contributed by atoms with E-state index in [0.29, 0.717) is 32.1 Å². The Labute approximate surface area is 113 Å². The van der Waals surface area contributed by atoms with Crippen LogP contribution in [0.25, 0.3) is 0 Å². The lowest BCUT2D eigenvalue weighted by Crippen LogP contribution is -2.24. The number of rotatable bonds is 5. The first-order valence-corrected chi connectivity index (χ1v) is 6.66. The van der Waals surface area contributed by atoms with Crippen LogP contribution in [0, 0.1) is 16.7 Å². The van der Waals surface area contributed by atoms with Crippen LogP contribution >= 0.6 is 0 Å². The summed E-state index contributed by atoms with van der Waals surface area (Å²) < 4.78 is 0. The van der Waals surface area contributed by atoms with Crippen LogP contribution in [0.2, 0.25) is 0 Å². The van der Waals surface area contributed by atoms with Crippen LogP contribution in [0.15, 0.2) is 30.3 Å². The smallest absolute Gasteiger partial charge is 0.153 e. The number of hydrogen-bond donors (Lipinski definition) is 0. The molecule has 1 aliphatic rings. The zero-order chi connectivity index (χ0) is 13.7. The molecule has 19 heavy (non-hydrogen) atoms. The van der Waals surface area contributed by atoms with Crippen molar-refractivity contribution in [2.75, 3.05) is 0 Å². The summed E-state index contributed by atoms with van der Waals surface area (Å²) >= 11 is 0. The minimum atomic E-state index is -0.883. The molecular formula is C16H17NO2. The summed E-state index contributed by atoms with van der Waals surface area (Å²) in [7, 11) is 0. The summed E-state index contributed by atoms with van der Waals surface area (Å²) in [5.74, 6) is 0.114. The maximum Gasteiger partial charge on any atom is 0.153 e. The first-order valence-electron chi connectivity index (χ1n) is 6.66. The number of carbonyl (C=O) groups excluding carboxylic acids is 2. The summed E-state index contributed by atoms with van der Waals surface area (Å²) in [4.78, 5) is 23.7. The first kappa shape index (κ1) is 13.5. The molecule has 1 saturated carbocycles. The molecule has 0 radical (unpaired) electrons. The maximum atomic E-state index is 11.9. The van der Waals surface area contributed by atoms with Gasteiger partial charge in [-0.1, -0.05) is 30.3 Å². The van der Waals surface area contributed by atoms with E-state index in [1.165, 1.54) is 0 Å². The zero-order valence-corrected chi connectivity index (χ0v) is 10.9. The van der Waals surface area contributed by atoms with Crippen molar-refractivity contribution < 1.29 is 9.59 Å². The van der Waals surface area contributed by atoms with Gasteiger partial charge < -0.3 is 0 Å². The summed E-state index contributed by atoms with van der Waals surface area (Å²) in [5, 5.41) is 9.21. The second-order valence-electron chi connectivity index (χ2n) is 5.17. The van der Waals surface area contributed by atoms with Gasteiger partial charge in [-0.05, 0) is 24.8 Å². The Balaban J connectivity index is 1.90. The third-order valence-corrected chi connectivity index (χ3v) is 3.83. The SMILES string of the molecule is N#C[C@@]1(CCC(=O)Cc2ccccc2)CCCC1=O. The molecule has 0 spiro atoms. The molecule has 1 aliphatic carbocycles. The molecule has 1 aromatic rings. The summed E-state index contributed by atoms with van der Waals surface area (Å²) in [5.41, 5.74) is 0.100. The van der Waals surface area contributed by atoms with E-state index in [1.807, 2.05) is 30.3 Å². The standard InChI is InChI=1S/C16H17NO2/c17-12-16(9-4-7-15(16)19)10-8-14(18)11-13-5-2-1-3-6-13/h1-3,5-6H,4,7-11H2/t16-/m0/s1. The van der Waals surface area contributed by atoms with Gasteiger partial charge in [-0.2, -0.15) is 5.26 Å². The highest BCUT2D eigenvalue weighted by atomic mass is 16.1. The third-order valence-electron chi connectivity index (χ3n) is 3.83. The van der Waals surface area contributed by atoms with Crippen LogP contribution in [-0.4, -0.2) is 11.6 Å². The molecular weight excluding hydrogens is 238 g/mol. The molecule has 0 amide bonds. The summed E-state index contributed by atoms with van der Waals surface area (Å²) in [6.07, 6.45) is 2.96. The van der Waals surface area contributed by atoms with Gasteiger partial charge >= 0.3 is 0 Å². The Morgan fingerprint density at radius 3 is 2.63 bits per heavy atom. The maximum absolute atomic E-state index is 11.9. The van der Waals surface area contributed by atoms with E-state index in [1.54, 1.807) is 0 Å². The normalized spacial score (nSPS) is 22.2. The number of benzene rings is 1. The largest absolute Gasteiger partial charge is 0.299 e. The van der Waals surface area contributed by atoms with Gasteiger partial charge in [-0.25, -0.2) is 0 Å². The third kappa shape index (κ3) is 3.08. The quantitative estimate of drug-likeness (QED) is 0.812. The molecule has 0 unspecified atom stereocenters. The van der Waals surface area contributed by atoms with Gasteiger partial charge in [0.2, 0.25) is 0 Å². The number of nitrogens with zero attached hydrogens (tertiary/aromatic N) is 1. The Bertz CT molecular complexity index is 515. The van der Waals surface area contributed by atoms with E-state index in [2.05, 4.69) is 6.07 Å². The molecule has 2 rings (SSSR count). The second kappa shape index (κ2) is 5.79. The second-order valence-corrected chi connectivity index (χ2v) is 5.17. The van der Waals surface area contributed by atoms with Gasteiger partial charge in [0.1, 0.15) is 11.2 Å². The molecule has 0 heterocycles. The highest BCUT2D eigenvalue weighted by Gasteiger charge is 2.42. The fraction of sp³-hybridized carbons (Fsp3) is 0.438. The van der Waals surface area contributed by atoms with Crippen LogP contribution in [0.1, 0.15) is 37.7 Å². The van der Waals surface area contributed by atoms with Crippen molar-refractivity contribution in [1.82, 2.24) is 0 Å². The summed E-state index contributed by atoms with van der Waals surface area (Å²) in [6, 6.07) is 11.7. The van der Waals surface area contributed by atoms with E-state index in [-0.39, 0.29) is 11.6 Å². The van der Waals surface area contributed by atoms with Crippen molar-refractivity contribution in [3.05, 3.63) is 35.9 Å². The van der Waals surface area contributed by atoms with Crippen LogP contribution in [0.5, 0.6) is 0 Å². The minimum absolute atomic E-state index is 0.0162. The van der Waals surface area contributed by atoms with Crippen molar-refractivity contribution in [1.29, 1.82) is 5.26 Å². The number of nitriles is 1. The molecule has 0 N–H and O–H groups in total. The topological polar surface area (TPSA) is 57.9 Å². The monoisotopic (exact) mass is 255 g/mol.